The Kier molecular flexibility index (Phi) is 6.11. The molecule has 0 heterocycles. The summed E-state index contributed by atoms with van der Waals surface area (Å²) < 4.78 is 0. The van der Waals surface area contributed by atoms with Gasteiger partial charge in [-0.05, 0) is 59.8 Å². The van der Waals surface area contributed by atoms with Crippen LogP contribution in [0.5, 0.6) is 0 Å². The summed E-state index contributed by atoms with van der Waals surface area (Å²) in [5.41, 5.74) is 4.06. The molecule has 0 spiro atoms. The minimum atomic E-state index is 0.112. The van der Waals surface area contributed by atoms with Gasteiger partial charge in [0.1, 0.15) is 5.78 Å². The van der Waals surface area contributed by atoms with Crippen LogP contribution in [0.3, 0.4) is 0 Å². The van der Waals surface area contributed by atoms with Gasteiger partial charge in [-0.2, -0.15) is 0 Å². The molecule has 1 unspecified atom stereocenters. The third kappa shape index (κ3) is 5.03. The highest BCUT2D eigenvalue weighted by Crippen LogP contribution is 2.23. The van der Waals surface area contributed by atoms with Gasteiger partial charge in [0, 0.05) is 5.92 Å². The van der Waals surface area contributed by atoms with E-state index in [9.17, 15) is 4.79 Å². The molecular formula is C17H26O. The maximum atomic E-state index is 11.7. The van der Waals surface area contributed by atoms with Crippen LogP contribution in [0.15, 0.2) is 34.9 Å². The lowest BCUT2D eigenvalue weighted by Gasteiger charge is -2.16. The van der Waals surface area contributed by atoms with E-state index in [1.807, 2.05) is 0 Å². The number of hydrogen-bond acceptors (Lipinski definition) is 1. The average Bonchev–Trinajstić information content (AvgIpc) is 2.30. The molecule has 1 aliphatic rings. The number of carbonyl (C=O) groups is 1. The van der Waals surface area contributed by atoms with E-state index in [2.05, 4.69) is 39.0 Å². The Morgan fingerprint density at radius 3 is 2.28 bits per heavy atom. The summed E-state index contributed by atoms with van der Waals surface area (Å²) in [5.74, 6) is 0.413. The molecule has 1 aliphatic carbocycles. The first-order chi connectivity index (χ1) is 8.50. The maximum Gasteiger partial charge on any atom is 0.136 e. The van der Waals surface area contributed by atoms with Gasteiger partial charge in [0.05, 0.1) is 0 Å². The topological polar surface area (TPSA) is 17.1 Å². The highest BCUT2D eigenvalue weighted by Gasteiger charge is 2.16. The number of carbonyl (C=O) groups excluding carboxylic acids is 1. The summed E-state index contributed by atoms with van der Waals surface area (Å²) in [6.07, 6.45) is 12.1. The second-order valence-corrected chi connectivity index (χ2v) is 5.53. The fraction of sp³-hybridized carbons (Fsp3) is 0.588. The molecule has 0 aromatic rings. The third-order valence-electron chi connectivity index (χ3n) is 3.77. The molecule has 0 fully saturated rings. The molecule has 0 bridgehead atoms. The maximum absolute atomic E-state index is 11.7. The normalized spacial score (nSPS) is 28.9. The largest absolute Gasteiger partial charge is 0.299 e. The number of Topliss-reactive ketones (excluding diaryl/α,β-unsaturated/α-hetero) is 1. The van der Waals surface area contributed by atoms with E-state index in [0.717, 1.165) is 32.1 Å². The van der Waals surface area contributed by atoms with Crippen LogP contribution in [0.25, 0.3) is 0 Å². The monoisotopic (exact) mass is 246 g/mol. The Morgan fingerprint density at radius 1 is 1.06 bits per heavy atom. The van der Waals surface area contributed by atoms with Crippen molar-refractivity contribution >= 4 is 5.78 Å². The average molecular weight is 246 g/mol. The van der Waals surface area contributed by atoms with Crippen LogP contribution in [0.4, 0.5) is 0 Å². The van der Waals surface area contributed by atoms with Gasteiger partial charge in [-0.25, -0.2) is 0 Å². The molecule has 0 aromatic heterocycles. The molecular weight excluding hydrogens is 220 g/mol. The zero-order chi connectivity index (χ0) is 13.5. The Bertz CT molecular complexity index is 382. The molecule has 0 amide bonds. The summed E-state index contributed by atoms with van der Waals surface area (Å²) in [7, 11) is 0. The van der Waals surface area contributed by atoms with Crippen molar-refractivity contribution < 1.29 is 4.79 Å². The smallest absolute Gasteiger partial charge is 0.136 e. The molecule has 1 atom stereocenters. The lowest BCUT2D eigenvalue weighted by molar-refractivity contribution is -0.119. The first-order valence-electron chi connectivity index (χ1n) is 6.99. The van der Waals surface area contributed by atoms with Crippen LogP contribution in [0.1, 0.15) is 59.8 Å². The predicted octanol–water partition coefficient (Wildman–Crippen LogP) is 4.99. The minimum absolute atomic E-state index is 0.112. The Morgan fingerprint density at radius 2 is 1.67 bits per heavy atom. The van der Waals surface area contributed by atoms with E-state index >= 15 is 0 Å². The van der Waals surface area contributed by atoms with Gasteiger partial charge >= 0.3 is 0 Å². The van der Waals surface area contributed by atoms with E-state index < -0.39 is 0 Å². The van der Waals surface area contributed by atoms with Gasteiger partial charge < -0.3 is 0 Å². The Balaban J connectivity index is 2.90. The highest BCUT2D eigenvalue weighted by molar-refractivity contribution is 5.81. The van der Waals surface area contributed by atoms with Gasteiger partial charge in [-0.3, -0.25) is 4.79 Å². The molecule has 0 saturated heterocycles. The zero-order valence-corrected chi connectivity index (χ0v) is 12.3. The quantitative estimate of drug-likeness (QED) is 0.595. The number of ketones is 1. The van der Waals surface area contributed by atoms with E-state index in [4.69, 9.17) is 0 Å². The second kappa shape index (κ2) is 7.35. The molecule has 0 N–H and O–H groups in total. The molecule has 18 heavy (non-hydrogen) atoms. The van der Waals surface area contributed by atoms with Gasteiger partial charge in [-0.15, -0.1) is 0 Å². The van der Waals surface area contributed by atoms with Crippen molar-refractivity contribution in [1.82, 2.24) is 0 Å². The van der Waals surface area contributed by atoms with Crippen LogP contribution in [0.2, 0.25) is 0 Å². The van der Waals surface area contributed by atoms with E-state index in [1.165, 1.54) is 16.7 Å². The van der Waals surface area contributed by atoms with Crippen molar-refractivity contribution in [2.75, 3.05) is 0 Å². The van der Waals surface area contributed by atoms with Crippen LogP contribution in [-0.2, 0) is 4.79 Å². The summed E-state index contributed by atoms with van der Waals surface area (Å²) in [4.78, 5) is 11.7. The summed E-state index contributed by atoms with van der Waals surface area (Å²) >= 11 is 0. The SMILES string of the molecule is CC(=O)C1CC/C(C)=C/CC/C=C(\C)CC=C1C. The minimum Gasteiger partial charge on any atom is -0.299 e. The Hall–Kier alpha value is -1.11. The number of rotatable bonds is 1. The predicted molar refractivity (Wildman–Crippen MR) is 78.5 cm³/mol. The molecule has 0 aliphatic heterocycles. The highest BCUT2D eigenvalue weighted by atomic mass is 16.1. The lowest BCUT2D eigenvalue weighted by Crippen LogP contribution is -2.12. The standard InChI is InChI=1S/C17H26O/c1-13-7-5-6-8-14(2)10-12-17(16(4)18)15(3)11-9-13/h7-8,11,17H,5-6,9-10,12H2,1-4H3/b13-7+,14-8+,15-11?. The van der Waals surface area contributed by atoms with Crippen molar-refractivity contribution in [2.24, 2.45) is 5.92 Å². The Labute approximate surface area is 112 Å². The fourth-order valence-corrected chi connectivity index (χ4v) is 2.43. The van der Waals surface area contributed by atoms with Crippen LogP contribution < -0.4 is 0 Å². The molecule has 0 radical (unpaired) electrons. The summed E-state index contributed by atoms with van der Waals surface area (Å²) in [6, 6.07) is 0. The van der Waals surface area contributed by atoms with Crippen molar-refractivity contribution in [1.29, 1.82) is 0 Å². The van der Waals surface area contributed by atoms with Gasteiger partial charge in [0.25, 0.3) is 0 Å². The molecule has 1 heteroatoms. The molecule has 1 nitrogen and oxygen atoms in total. The van der Waals surface area contributed by atoms with E-state index in [1.54, 1.807) is 6.92 Å². The van der Waals surface area contributed by atoms with Crippen LogP contribution >= 0.6 is 0 Å². The first kappa shape index (κ1) is 14.9. The van der Waals surface area contributed by atoms with Crippen molar-refractivity contribution in [3.8, 4) is 0 Å². The lowest BCUT2D eigenvalue weighted by atomic mass is 9.88. The summed E-state index contributed by atoms with van der Waals surface area (Å²) in [5, 5.41) is 0. The number of hydrogen-bond donors (Lipinski definition) is 0. The third-order valence-corrected chi connectivity index (χ3v) is 3.77. The van der Waals surface area contributed by atoms with Crippen LogP contribution in [0, 0.1) is 5.92 Å². The molecule has 1 rings (SSSR count). The molecule has 100 valence electrons. The van der Waals surface area contributed by atoms with E-state index in [-0.39, 0.29) is 5.92 Å². The van der Waals surface area contributed by atoms with Gasteiger partial charge in [-0.1, -0.05) is 34.9 Å². The van der Waals surface area contributed by atoms with Crippen LogP contribution in [-0.4, -0.2) is 5.78 Å². The van der Waals surface area contributed by atoms with Crippen molar-refractivity contribution in [3.63, 3.8) is 0 Å². The van der Waals surface area contributed by atoms with E-state index in [0.29, 0.717) is 5.78 Å². The zero-order valence-electron chi connectivity index (χ0n) is 12.3. The van der Waals surface area contributed by atoms with Gasteiger partial charge in [0.15, 0.2) is 0 Å². The first-order valence-corrected chi connectivity index (χ1v) is 6.99. The van der Waals surface area contributed by atoms with Crippen molar-refractivity contribution in [3.05, 3.63) is 34.9 Å². The second-order valence-electron chi connectivity index (χ2n) is 5.53. The van der Waals surface area contributed by atoms with Crippen molar-refractivity contribution in [2.45, 2.75) is 59.8 Å². The van der Waals surface area contributed by atoms with Gasteiger partial charge in [0.2, 0.25) is 0 Å². The molecule has 0 aromatic carbocycles. The number of allylic oxidation sites excluding steroid dienone is 6. The summed E-state index contributed by atoms with van der Waals surface area (Å²) in [6.45, 7) is 8.17. The fourth-order valence-electron chi connectivity index (χ4n) is 2.43. The molecule has 0 saturated carbocycles.